The lowest BCUT2D eigenvalue weighted by Gasteiger charge is -2.42. The van der Waals surface area contributed by atoms with E-state index >= 15 is 0 Å². The summed E-state index contributed by atoms with van der Waals surface area (Å²) < 4.78 is 11.6. The Morgan fingerprint density at radius 1 is 1.40 bits per heavy atom. The molecule has 2 heterocycles. The molecular formula is C17H25NO2. The van der Waals surface area contributed by atoms with Crippen LogP contribution in [0.25, 0.3) is 0 Å². The lowest BCUT2D eigenvalue weighted by atomic mass is 9.86. The number of rotatable bonds is 4. The fourth-order valence-electron chi connectivity index (χ4n) is 3.69. The standard InChI is InChI=1S/C17H25NO2/c1-3-4-10-18-11-6-9-17(18)12-14-15(19-2)7-5-8-16(14)20-13-17/h5,7-8H,3-4,6,9-13H2,1-2H3. The first-order valence-electron chi connectivity index (χ1n) is 7.83. The quantitative estimate of drug-likeness (QED) is 0.842. The molecule has 1 aromatic rings. The van der Waals surface area contributed by atoms with Gasteiger partial charge in [-0.2, -0.15) is 0 Å². The van der Waals surface area contributed by atoms with Crippen LogP contribution in [0.5, 0.6) is 11.5 Å². The zero-order valence-corrected chi connectivity index (χ0v) is 12.7. The predicted molar refractivity (Wildman–Crippen MR) is 80.6 cm³/mol. The molecule has 0 amide bonds. The first-order chi connectivity index (χ1) is 9.79. The van der Waals surface area contributed by atoms with Crippen LogP contribution in [-0.4, -0.2) is 37.2 Å². The predicted octanol–water partition coefficient (Wildman–Crippen LogP) is 3.26. The summed E-state index contributed by atoms with van der Waals surface area (Å²) >= 11 is 0. The van der Waals surface area contributed by atoms with Crippen LogP contribution in [0.4, 0.5) is 0 Å². The Balaban J connectivity index is 1.86. The van der Waals surface area contributed by atoms with E-state index < -0.39 is 0 Å². The number of likely N-dealkylation sites (tertiary alicyclic amines) is 1. The molecule has 3 heteroatoms. The number of fused-ring (bicyclic) bond motifs is 1. The Labute approximate surface area is 121 Å². The summed E-state index contributed by atoms with van der Waals surface area (Å²) in [6, 6.07) is 6.13. The van der Waals surface area contributed by atoms with Gasteiger partial charge in [-0.1, -0.05) is 19.4 Å². The fraction of sp³-hybridized carbons (Fsp3) is 0.647. The highest BCUT2D eigenvalue weighted by Gasteiger charge is 2.44. The van der Waals surface area contributed by atoms with E-state index in [2.05, 4.69) is 17.9 Å². The highest BCUT2D eigenvalue weighted by atomic mass is 16.5. The average molecular weight is 275 g/mol. The van der Waals surface area contributed by atoms with E-state index in [0.717, 1.165) is 24.5 Å². The molecule has 3 nitrogen and oxygen atoms in total. The Kier molecular flexibility index (Phi) is 3.88. The summed E-state index contributed by atoms with van der Waals surface area (Å²) in [5.41, 5.74) is 1.46. The van der Waals surface area contributed by atoms with Crippen molar-refractivity contribution in [1.82, 2.24) is 4.90 Å². The van der Waals surface area contributed by atoms with Crippen LogP contribution < -0.4 is 9.47 Å². The molecule has 1 aromatic carbocycles. The van der Waals surface area contributed by atoms with E-state index in [-0.39, 0.29) is 5.54 Å². The molecule has 0 aromatic heterocycles. The molecule has 0 radical (unpaired) electrons. The van der Waals surface area contributed by atoms with Crippen LogP contribution in [-0.2, 0) is 6.42 Å². The SMILES string of the molecule is CCCCN1CCCC12COc1cccc(OC)c1C2. The van der Waals surface area contributed by atoms with Crippen LogP contribution in [0, 0.1) is 0 Å². The second-order valence-corrected chi connectivity index (χ2v) is 6.07. The summed E-state index contributed by atoms with van der Waals surface area (Å²) in [5, 5.41) is 0. The van der Waals surface area contributed by atoms with Gasteiger partial charge >= 0.3 is 0 Å². The van der Waals surface area contributed by atoms with Crippen molar-refractivity contribution < 1.29 is 9.47 Å². The van der Waals surface area contributed by atoms with Gasteiger partial charge in [0, 0.05) is 12.0 Å². The molecule has 3 rings (SSSR count). The molecule has 1 atom stereocenters. The molecule has 0 saturated carbocycles. The van der Waals surface area contributed by atoms with Crippen molar-refractivity contribution >= 4 is 0 Å². The lowest BCUT2D eigenvalue weighted by Crippen LogP contribution is -2.52. The largest absolute Gasteiger partial charge is 0.496 e. The molecule has 1 saturated heterocycles. The third-order valence-corrected chi connectivity index (χ3v) is 4.83. The molecule has 2 aliphatic heterocycles. The lowest BCUT2D eigenvalue weighted by molar-refractivity contribution is 0.0584. The maximum absolute atomic E-state index is 6.09. The topological polar surface area (TPSA) is 21.7 Å². The van der Waals surface area contributed by atoms with E-state index in [1.807, 2.05) is 12.1 Å². The summed E-state index contributed by atoms with van der Waals surface area (Å²) in [6.45, 7) is 5.51. The summed E-state index contributed by atoms with van der Waals surface area (Å²) in [7, 11) is 1.75. The van der Waals surface area contributed by atoms with Crippen LogP contribution in [0.1, 0.15) is 38.2 Å². The smallest absolute Gasteiger partial charge is 0.126 e. The van der Waals surface area contributed by atoms with Gasteiger partial charge in [0.15, 0.2) is 0 Å². The van der Waals surface area contributed by atoms with Gasteiger partial charge in [0.25, 0.3) is 0 Å². The number of nitrogens with zero attached hydrogens (tertiary/aromatic N) is 1. The van der Waals surface area contributed by atoms with Crippen molar-refractivity contribution in [1.29, 1.82) is 0 Å². The Hall–Kier alpha value is -1.22. The van der Waals surface area contributed by atoms with E-state index in [1.54, 1.807) is 7.11 Å². The van der Waals surface area contributed by atoms with Crippen molar-refractivity contribution in [2.24, 2.45) is 0 Å². The molecular weight excluding hydrogens is 250 g/mol. The monoisotopic (exact) mass is 275 g/mol. The van der Waals surface area contributed by atoms with Crippen molar-refractivity contribution in [2.75, 3.05) is 26.8 Å². The van der Waals surface area contributed by atoms with E-state index in [9.17, 15) is 0 Å². The van der Waals surface area contributed by atoms with E-state index in [4.69, 9.17) is 9.47 Å². The maximum Gasteiger partial charge on any atom is 0.126 e. The molecule has 1 spiro atoms. The third kappa shape index (κ3) is 2.28. The first-order valence-corrected chi connectivity index (χ1v) is 7.83. The fourth-order valence-corrected chi connectivity index (χ4v) is 3.69. The number of benzene rings is 1. The first kappa shape index (κ1) is 13.7. The minimum atomic E-state index is 0.205. The zero-order chi connectivity index (χ0) is 14.0. The van der Waals surface area contributed by atoms with Gasteiger partial charge in [-0.3, -0.25) is 4.90 Å². The number of hydrogen-bond donors (Lipinski definition) is 0. The third-order valence-electron chi connectivity index (χ3n) is 4.83. The van der Waals surface area contributed by atoms with Gasteiger partial charge in [-0.05, 0) is 44.5 Å². The van der Waals surface area contributed by atoms with E-state index in [0.29, 0.717) is 0 Å². The normalized spacial score (nSPS) is 25.5. The van der Waals surface area contributed by atoms with Crippen molar-refractivity contribution in [3.05, 3.63) is 23.8 Å². The molecule has 0 bridgehead atoms. The number of methoxy groups -OCH3 is 1. The van der Waals surface area contributed by atoms with Crippen molar-refractivity contribution in [3.8, 4) is 11.5 Å². The minimum Gasteiger partial charge on any atom is -0.496 e. The summed E-state index contributed by atoms with van der Waals surface area (Å²) in [6.07, 6.45) is 6.13. The minimum absolute atomic E-state index is 0.205. The molecule has 0 aliphatic carbocycles. The van der Waals surface area contributed by atoms with Crippen molar-refractivity contribution in [2.45, 2.75) is 44.6 Å². The van der Waals surface area contributed by atoms with Crippen LogP contribution in [0.2, 0.25) is 0 Å². The molecule has 2 aliphatic rings. The van der Waals surface area contributed by atoms with E-state index in [1.165, 1.54) is 44.3 Å². The van der Waals surface area contributed by atoms with Gasteiger partial charge in [0.2, 0.25) is 0 Å². The highest BCUT2D eigenvalue weighted by Crippen LogP contribution is 2.42. The number of hydrogen-bond acceptors (Lipinski definition) is 3. The Morgan fingerprint density at radius 2 is 2.30 bits per heavy atom. The Bertz CT molecular complexity index is 460. The van der Waals surface area contributed by atoms with Gasteiger partial charge in [0.05, 0.1) is 12.6 Å². The summed E-state index contributed by atoms with van der Waals surface area (Å²) in [4.78, 5) is 2.66. The second-order valence-electron chi connectivity index (χ2n) is 6.07. The van der Waals surface area contributed by atoms with Crippen LogP contribution in [0.15, 0.2) is 18.2 Å². The Morgan fingerprint density at radius 3 is 3.10 bits per heavy atom. The van der Waals surface area contributed by atoms with Gasteiger partial charge < -0.3 is 9.47 Å². The second kappa shape index (κ2) is 5.65. The summed E-state index contributed by atoms with van der Waals surface area (Å²) in [5.74, 6) is 1.99. The van der Waals surface area contributed by atoms with Crippen molar-refractivity contribution in [3.63, 3.8) is 0 Å². The molecule has 0 N–H and O–H groups in total. The van der Waals surface area contributed by atoms with Crippen LogP contribution in [0.3, 0.4) is 0 Å². The molecule has 1 fully saturated rings. The highest BCUT2D eigenvalue weighted by molar-refractivity contribution is 5.47. The molecule has 1 unspecified atom stereocenters. The maximum atomic E-state index is 6.09. The number of unbranched alkanes of at least 4 members (excludes halogenated alkanes) is 1. The van der Waals surface area contributed by atoms with Gasteiger partial charge in [-0.25, -0.2) is 0 Å². The molecule has 110 valence electrons. The zero-order valence-electron chi connectivity index (χ0n) is 12.7. The number of ether oxygens (including phenoxy) is 2. The average Bonchev–Trinajstić information content (AvgIpc) is 2.86. The van der Waals surface area contributed by atoms with Gasteiger partial charge in [-0.15, -0.1) is 0 Å². The molecule has 20 heavy (non-hydrogen) atoms. The van der Waals surface area contributed by atoms with Crippen LogP contribution >= 0.6 is 0 Å². The van der Waals surface area contributed by atoms with Gasteiger partial charge in [0.1, 0.15) is 18.1 Å².